The maximum absolute atomic E-state index is 14.4. The van der Waals surface area contributed by atoms with Gasteiger partial charge in [-0.3, -0.25) is 4.79 Å². The van der Waals surface area contributed by atoms with Crippen molar-refractivity contribution < 1.29 is 18.8 Å². The second-order valence-electron chi connectivity index (χ2n) is 12.8. The lowest BCUT2D eigenvalue weighted by atomic mass is 9.74. The quantitative estimate of drug-likeness (QED) is 0.182. The zero-order chi connectivity index (χ0) is 31.6. The number of carbonyl (C=O) groups excluding carboxylic acids is 1. The summed E-state index contributed by atoms with van der Waals surface area (Å²) in [5.74, 6) is 1.26. The number of hydrogen-bond acceptors (Lipinski definition) is 6. The molecule has 7 rings (SSSR count). The first-order chi connectivity index (χ1) is 21.6. The molecule has 0 radical (unpaired) electrons. The van der Waals surface area contributed by atoms with E-state index in [-0.39, 0.29) is 5.91 Å². The summed E-state index contributed by atoms with van der Waals surface area (Å²) in [6, 6.07) is 29.9. The Balaban J connectivity index is 1.37. The fourth-order valence-electron chi connectivity index (χ4n) is 6.75. The average Bonchev–Trinajstić information content (AvgIpc) is 3.41. The molecule has 0 aromatic heterocycles. The molecule has 0 bridgehead atoms. The second kappa shape index (κ2) is 10.6. The fourth-order valence-corrected chi connectivity index (χ4v) is 6.75. The van der Waals surface area contributed by atoms with Crippen molar-refractivity contribution in [2.75, 3.05) is 18.0 Å². The number of amides is 1. The molecule has 0 saturated carbocycles. The van der Waals surface area contributed by atoms with E-state index in [1.165, 1.54) is 0 Å². The van der Waals surface area contributed by atoms with Crippen LogP contribution in [0, 0.1) is 0 Å². The van der Waals surface area contributed by atoms with Gasteiger partial charge < -0.3 is 18.9 Å². The molecule has 1 atom stereocenters. The van der Waals surface area contributed by atoms with Gasteiger partial charge in [0.2, 0.25) is 0 Å². The van der Waals surface area contributed by atoms with Crippen LogP contribution in [0.1, 0.15) is 74.2 Å². The standard InChI is InChI=1S/C37H38BN3O4/c1-7-40(8-2)30-17-13-19-32-33(30)37(29-16-11-12-18-31(29)43-32)28-15-10-9-14-27(28)34(42)41(37)39-24-25-20-22-26(23-21-25)38-44-35(3,4)36(5,6)45-38/h9-24H,7-8H2,1-6H3/b39-24+. The lowest BCUT2D eigenvalue weighted by Crippen LogP contribution is -2.45. The number of fused-ring (bicyclic) bond motifs is 6. The number of para-hydroxylation sites is 1. The number of benzene rings is 4. The van der Waals surface area contributed by atoms with Crippen molar-refractivity contribution in [3.8, 4) is 11.5 Å². The normalized spacial score (nSPS) is 20.7. The van der Waals surface area contributed by atoms with E-state index in [0.717, 1.165) is 52.2 Å². The molecule has 3 aliphatic heterocycles. The van der Waals surface area contributed by atoms with E-state index in [1.54, 1.807) is 11.2 Å². The molecular formula is C37H38BN3O4. The Morgan fingerprint density at radius 3 is 2.09 bits per heavy atom. The van der Waals surface area contributed by atoms with Gasteiger partial charge in [0.05, 0.1) is 23.0 Å². The van der Waals surface area contributed by atoms with Gasteiger partial charge in [0.15, 0.2) is 5.54 Å². The summed E-state index contributed by atoms with van der Waals surface area (Å²) >= 11 is 0. The topological polar surface area (TPSA) is 63.6 Å². The van der Waals surface area contributed by atoms with E-state index >= 15 is 0 Å². The molecular weight excluding hydrogens is 561 g/mol. The van der Waals surface area contributed by atoms with E-state index in [2.05, 4.69) is 30.9 Å². The van der Waals surface area contributed by atoms with Crippen molar-refractivity contribution in [3.05, 3.63) is 119 Å². The van der Waals surface area contributed by atoms with Crippen molar-refractivity contribution in [2.24, 2.45) is 5.10 Å². The third-order valence-electron chi connectivity index (χ3n) is 9.81. The minimum Gasteiger partial charge on any atom is -0.456 e. The molecule has 1 spiro atoms. The number of rotatable bonds is 6. The van der Waals surface area contributed by atoms with Gasteiger partial charge in [-0.05, 0) is 76.8 Å². The number of anilines is 1. The SMILES string of the molecule is CCN(CC)c1cccc2c1C1(c3ccccc3O2)c2ccccc2C(=O)N1/N=C/c1ccc(B2OC(C)(C)C(C)(C)O2)cc1. The Kier molecular flexibility index (Phi) is 6.91. The molecule has 7 nitrogen and oxygen atoms in total. The maximum atomic E-state index is 14.4. The third-order valence-corrected chi connectivity index (χ3v) is 9.81. The maximum Gasteiger partial charge on any atom is 0.494 e. The molecule has 228 valence electrons. The summed E-state index contributed by atoms with van der Waals surface area (Å²) in [4.78, 5) is 16.7. The number of hydrogen-bond donors (Lipinski definition) is 0. The van der Waals surface area contributed by atoms with Gasteiger partial charge in [-0.2, -0.15) is 5.10 Å². The fraction of sp³-hybridized carbons (Fsp3) is 0.297. The molecule has 1 amide bonds. The van der Waals surface area contributed by atoms with Gasteiger partial charge >= 0.3 is 7.12 Å². The van der Waals surface area contributed by atoms with Crippen LogP contribution < -0.4 is 15.1 Å². The Hall–Kier alpha value is -4.40. The second-order valence-corrected chi connectivity index (χ2v) is 12.8. The van der Waals surface area contributed by atoms with Crippen LogP contribution in [0.25, 0.3) is 0 Å². The van der Waals surface area contributed by atoms with Crippen molar-refractivity contribution in [2.45, 2.75) is 58.3 Å². The Morgan fingerprint density at radius 2 is 1.40 bits per heavy atom. The molecule has 0 N–H and O–H groups in total. The molecule has 1 saturated heterocycles. The van der Waals surface area contributed by atoms with Crippen molar-refractivity contribution in [1.29, 1.82) is 0 Å². The predicted octanol–water partition coefficient (Wildman–Crippen LogP) is 6.72. The van der Waals surface area contributed by atoms with Crippen LogP contribution in [0.3, 0.4) is 0 Å². The molecule has 1 fully saturated rings. The Bertz CT molecular complexity index is 1800. The van der Waals surface area contributed by atoms with Crippen molar-refractivity contribution in [1.82, 2.24) is 5.01 Å². The first kappa shape index (κ1) is 29.3. The highest BCUT2D eigenvalue weighted by molar-refractivity contribution is 6.62. The zero-order valence-electron chi connectivity index (χ0n) is 26.7. The van der Waals surface area contributed by atoms with Gasteiger partial charge in [0.1, 0.15) is 11.5 Å². The summed E-state index contributed by atoms with van der Waals surface area (Å²) in [6.45, 7) is 14.1. The van der Waals surface area contributed by atoms with Gasteiger partial charge in [0, 0.05) is 35.5 Å². The van der Waals surface area contributed by atoms with E-state index in [9.17, 15) is 4.79 Å². The molecule has 3 aliphatic rings. The number of hydrazone groups is 1. The first-order valence-corrected chi connectivity index (χ1v) is 15.7. The minimum absolute atomic E-state index is 0.160. The highest BCUT2D eigenvalue weighted by Crippen LogP contribution is 2.59. The van der Waals surface area contributed by atoms with Crippen molar-refractivity contribution in [3.63, 3.8) is 0 Å². The molecule has 3 heterocycles. The molecule has 8 heteroatoms. The van der Waals surface area contributed by atoms with Gasteiger partial charge in [-0.15, -0.1) is 0 Å². The highest BCUT2D eigenvalue weighted by atomic mass is 16.7. The van der Waals surface area contributed by atoms with Crippen molar-refractivity contribution >= 4 is 30.4 Å². The number of ether oxygens (including phenoxy) is 1. The summed E-state index contributed by atoms with van der Waals surface area (Å²) in [7, 11) is -0.451. The van der Waals surface area contributed by atoms with Crippen LogP contribution in [0.15, 0.2) is 96.1 Å². The first-order valence-electron chi connectivity index (χ1n) is 15.7. The average molecular weight is 600 g/mol. The smallest absolute Gasteiger partial charge is 0.456 e. The van der Waals surface area contributed by atoms with Crippen LogP contribution in [0.2, 0.25) is 0 Å². The molecule has 45 heavy (non-hydrogen) atoms. The zero-order valence-corrected chi connectivity index (χ0v) is 26.7. The summed E-state index contributed by atoms with van der Waals surface area (Å²) in [5, 5.41) is 6.67. The molecule has 0 aliphatic carbocycles. The molecule has 1 unspecified atom stereocenters. The van der Waals surface area contributed by atoms with Crippen LogP contribution >= 0.6 is 0 Å². The van der Waals surface area contributed by atoms with Crippen LogP contribution in [0.5, 0.6) is 11.5 Å². The summed E-state index contributed by atoms with van der Waals surface area (Å²) in [6.07, 6.45) is 1.76. The van der Waals surface area contributed by atoms with Crippen LogP contribution in [0.4, 0.5) is 5.69 Å². The van der Waals surface area contributed by atoms with Gasteiger partial charge in [-0.25, -0.2) is 5.01 Å². The predicted molar refractivity (Wildman–Crippen MR) is 179 cm³/mol. The highest BCUT2D eigenvalue weighted by Gasteiger charge is 2.58. The molecule has 4 aromatic rings. The monoisotopic (exact) mass is 599 g/mol. The lowest BCUT2D eigenvalue weighted by Gasteiger charge is -2.44. The summed E-state index contributed by atoms with van der Waals surface area (Å²) in [5.41, 5.74) is 4.24. The van der Waals surface area contributed by atoms with E-state index in [0.29, 0.717) is 11.3 Å². The van der Waals surface area contributed by atoms with Crippen LogP contribution in [-0.4, -0.2) is 48.5 Å². The third kappa shape index (κ3) is 4.34. The van der Waals surface area contributed by atoms with E-state index in [4.69, 9.17) is 19.1 Å². The Morgan fingerprint density at radius 1 is 0.778 bits per heavy atom. The van der Waals surface area contributed by atoms with E-state index < -0.39 is 23.9 Å². The largest absolute Gasteiger partial charge is 0.494 e. The molecule has 4 aromatic carbocycles. The summed E-state index contributed by atoms with van der Waals surface area (Å²) < 4.78 is 19.1. The van der Waals surface area contributed by atoms with Gasteiger partial charge in [0.25, 0.3) is 5.91 Å². The van der Waals surface area contributed by atoms with E-state index in [1.807, 2.05) is 107 Å². The number of nitrogens with zero attached hydrogens (tertiary/aromatic N) is 3. The van der Waals surface area contributed by atoms with Gasteiger partial charge in [-0.1, -0.05) is 66.7 Å². The Labute approximate surface area is 265 Å². The lowest BCUT2D eigenvalue weighted by molar-refractivity contribution is 0.00578. The number of carbonyl (C=O) groups is 1. The minimum atomic E-state index is -1.03. The van der Waals surface area contributed by atoms with Crippen LogP contribution in [-0.2, 0) is 14.8 Å².